The van der Waals surface area contributed by atoms with Crippen LogP contribution in [0.1, 0.15) is 5.82 Å². The summed E-state index contributed by atoms with van der Waals surface area (Å²) in [5.41, 5.74) is 6.35. The molecule has 2 rings (SSSR count). The highest BCUT2D eigenvalue weighted by Crippen LogP contribution is 2.25. The highest BCUT2D eigenvalue weighted by Gasteiger charge is 2.14. The summed E-state index contributed by atoms with van der Waals surface area (Å²) >= 11 is 0. The zero-order chi connectivity index (χ0) is 14.0. The topological polar surface area (TPSA) is 129 Å². The van der Waals surface area contributed by atoms with Gasteiger partial charge in [-0.2, -0.15) is 0 Å². The second-order valence-electron chi connectivity index (χ2n) is 3.97. The maximum atomic E-state index is 11.3. The van der Waals surface area contributed by atoms with Crippen molar-refractivity contribution in [3.05, 3.63) is 30.4 Å². The molecule has 8 nitrogen and oxygen atoms in total. The minimum atomic E-state index is -3.83. The Morgan fingerprint density at radius 1 is 1.42 bits per heavy atom. The van der Waals surface area contributed by atoms with E-state index in [1.165, 1.54) is 6.07 Å². The van der Waals surface area contributed by atoms with Gasteiger partial charge in [-0.15, -0.1) is 10.2 Å². The van der Waals surface area contributed by atoms with Crippen LogP contribution in [0.5, 0.6) is 0 Å². The third-order valence-corrected chi connectivity index (χ3v) is 3.58. The molecule has 0 saturated heterocycles. The molecule has 1 heterocycles. The summed E-state index contributed by atoms with van der Waals surface area (Å²) in [4.78, 5) is -0.101. The number of aromatic nitrogens is 3. The van der Waals surface area contributed by atoms with E-state index in [1.807, 2.05) is 0 Å². The number of anilines is 2. The number of hydrogen-bond donors (Lipinski definition) is 3. The van der Waals surface area contributed by atoms with E-state index in [4.69, 9.17) is 10.9 Å². The van der Waals surface area contributed by atoms with Crippen LogP contribution in [0.2, 0.25) is 0 Å². The number of nitrogens with zero attached hydrogens (tertiary/aromatic N) is 3. The smallest absolute Gasteiger partial charge is 0.240 e. The molecule has 9 heteroatoms. The number of nitrogen functional groups attached to an aromatic ring is 1. The van der Waals surface area contributed by atoms with Gasteiger partial charge in [-0.05, 0) is 12.1 Å². The number of primary sulfonamides is 1. The van der Waals surface area contributed by atoms with Gasteiger partial charge in [0.25, 0.3) is 0 Å². The van der Waals surface area contributed by atoms with E-state index in [0.29, 0.717) is 18.1 Å². The molecule has 0 radical (unpaired) electrons. The Morgan fingerprint density at radius 2 is 2.16 bits per heavy atom. The van der Waals surface area contributed by atoms with Crippen LogP contribution in [-0.2, 0) is 23.6 Å². The van der Waals surface area contributed by atoms with Crippen LogP contribution in [0.15, 0.2) is 29.4 Å². The average molecular weight is 282 g/mol. The Bertz CT molecular complexity index is 694. The second-order valence-corrected chi connectivity index (χ2v) is 5.50. The number of nitrogens with one attached hydrogen (secondary N) is 1. The third kappa shape index (κ3) is 2.83. The second kappa shape index (κ2) is 4.86. The Labute approximate surface area is 110 Å². The first-order valence-electron chi connectivity index (χ1n) is 5.37. The van der Waals surface area contributed by atoms with Gasteiger partial charge in [-0.1, -0.05) is 6.07 Å². The van der Waals surface area contributed by atoms with Crippen molar-refractivity contribution in [1.29, 1.82) is 0 Å². The fourth-order valence-electron chi connectivity index (χ4n) is 1.59. The molecular formula is C10H14N6O2S. The number of benzene rings is 1. The van der Waals surface area contributed by atoms with Crippen molar-refractivity contribution < 1.29 is 8.42 Å². The van der Waals surface area contributed by atoms with Gasteiger partial charge in [0, 0.05) is 7.05 Å². The molecule has 0 saturated carbocycles. The Morgan fingerprint density at radius 3 is 2.74 bits per heavy atom. The molecule has 0 fully saturated rings. The molecule has 19 heavy (non-hydrogen) atoms. The van der Waals surface area contributed by atoms with Crippen LogP contribution < -0.4 is 16.2 Å². The standard InChI is InChI=1S/C10H14N6O2S/c1-16-6-14-15-9(16)5-13-7-3-2-4-8(10(7)11)19(12,17)18/h2-4,6,13H,5,11H2,1H3,(H2,12,17,18). The van der Waals surface area contributed by atoms with Crippen molar-refractivity contribution in [2.75, 3.05) is 11.1 Å². The quantitative estimate of drug-likeness (QED) is 0.658. The van der Waals surface area contributed by atoms with E-state index in [1.54, 1.807) is 30.1 Å². The van der Waals surface area contributed by atoms with E-state index < -0.39 is 10.0 Å². The lowest BCUT2D eigenvalue weighted by atomic mass is 10.2. The molecule has 2 aromatic rings. The predicted molar refractivity (Wildman–Crippen MR) is 70.6 cm³/mol. The molecule has 1 aromatic heterocycles. The molecule has 0 aliphatic rings. The molecule has 0 aliphatic carbocycles. The first kappa shape index (κ1) is 13.3. The van der Waals surface area contributed by atoms with Crippen LogP contribution in [-0.4, -0.2) is 23.2 Å². The number of sulfonamides is 1. The zero-order valence-electron chi connectivity index (χ0n) is 10.2. The van der Waals surface area contributed by atoms with Gasteiger partial charge in [0.2, 0.25) is 10.0 Å². The molecule has 0 spiro atoms. The van der Waals surface area contributed by atoms with E-state index >= 15 is 0 Å². The fraction of sp³-hybridized carbons (Fsp3) is 0.200. The monoisotopic (exact) mass is 282 g/mol. The molecule has 0 unspecified atom stereocenters. The minimum absolute atomic E-state index is 0.0900. The third-order valence-electron chi connectivity index (χ3n) is 2.61. The fourth-order valence-corrected chi connectivity index (χ4v) is 2.27. The summed E-state index contributed by atoms with van der Waals surface area (Å²) in [6.07, 6.45) is 1.57. The van der Waals surface area contributed by atoms with E-state index in [-0.39, 0.29) is 10.6 Å². The molecule has 102 valence electrons. The van der Waals surface area contributed by atoms with Gasteiger partial charge in [-0.3, -0.25) is 0 Å². The Balaban J connectivity index is 2.25. The lowest BCUT2D eigenvalue weighted by molar-refractivity contribution is 0.598. The van der Waals surface area contributed by atoms with E-state index in [0.717, 1.165) is 0 Å². The van der Waals surface area contributed by atoms with Gasteiger partial charge in [0.15, 0.2) is 5.82 Å². The first-order chi connectivity index (χ1) is 8.89. The summed E-state index contributed by atoms with van der Waals surface area (Å²) in [5.74, 6) is 0.695. The lowest BCUT2D eigenvalue weighted by Crippen LogP contribution is -2.15. The van der Waals surface area contributed by atoms with Crippen molar-refractivity contribution >= 4 is 21.4 Å². The van der Waals surface area contributed by atoms with E-state index in [9.17, 15) is 8.42 Å². The molecule has 0 amide bonds. The summed E-state index contributed by atoms with van der Waals surface area (Å²) in [5, 5.41) is 15.7. The highest BCUT2D eigenvalue weighted by atomic mass is 32.2. The average Bonchev–Trinajstić information content (AvgIpc) is 2.72. The molecule has 1 aromatic carbocycles. The van der Waals surface area contributed by atoms with Crippen molar-refractivity contribution in [3.8, 4) is 0 Å². The molecule has 0 bridgehead atoms. The number of nitrogens with two attached hydrogens (primary N) is 2. The lowest BCUT2D eigenvalue weighted by Gasteiger charge is -2.11. The zero-order valence-corrected chi connectivity index (χ0v) is 11.1. The maximum Gasteiger partial charge on any atom is 0.240 e. The van der Waals surface area contributed by atoms with Crippen LogP contribution in [0.4, 0.5) is 11.4 Å². The molecule has 0 aliphatic heterocycles. The van der Waals surface area contributed by atoms with Crippen molar-refractivity contribution in [3.63, 3.8) is 0 Å². The van der Waals surface area contributed by atoms with Crippen LogP contribution in [0, 0.1) is 0 Å². The van der Waals surface area contributed by atoms with Crippen LogP contribution in [0.25, 0.3) is 0 Å². The minimum Gasteiger partial charge on any atom is -0.396 e. The van der Waals surface area contributed by atoms with Gasteiger partial charge in [-0.25, -0.2) is 13.6 Å². The number of aryl methyl sites for hydroxylation is 1. The number of para-hydroxylation sites is 1. The van der Waals surface area contributed by atoms with Crippen LogP contribution >= 0.6 is 0 Å². The number of rotatable bonds is 4. The molecule has 5 N–H and O–H groups in total. The van der Waals surface area contributed by atoms with Gasteiger partial charge in [0.05, 0.1) is 17.9 Å². The Kier molecular flexibility index (Phi) is 3.40. The van der Waals surface area contributed by atoms with Gasteiger partial charge < -0.3 is 15.6 Å². The SMILES string of the molecule is Cn1cnnc1CNc1cccc(S(N)(=O)=O)c1N. The summed E-state index contributed by atoms with van der Waals surface area (Å²) in [6.45, 7) is 0.370. The maximum absolute atomic E-state index is 11.3. The van der Waals surface area contributed by atoms with E-state index in [2.05, 4.69) is 15.5 Å². The predicted octanol–water partition coefficient (Wildman–Crippen LogP) is -0.343. The van der Waals surface area contributed by atoms with Gasteiger partial charge >= 0.3 is 0 Å². The summed E-state index contributed by atoms with van der Waals surface area (Å²) < 4.78 is 24.4. The normalized spacial score (nSPS) is 11.5. The highest BCUT2D eigenvalue weighted by molar-refractivity contribution is 7.89. The molecular weight excluding hydrogens is 268 g/mol. The van der Waals surface area contributed by atoms with Gasteiger partial charge in [0.1, 0.15) is 11.2 Å². The van der Waals surface area contributed by atoms with Crippen molar-refractivity contribution in [1.82, 2.24) is 14.8 Å². The number of hydrogen-bond acceptors (Lipinski definition) is 6. The van der Waals surface area contributed by atoms with Crippen molar-refractivity contribution in [2.45, 2.75) is 11.4 Å². The largest absolute Gasteiger partial charge is 0.396 e. The summed E-state index contributed by atoms with van der Waals surface area (Å²) in [7, 11) is -2.03. The molecule has 0 atom stereocenters. The Hall–Kier alpha value is -2.13. The van der Waals surface area contributed by atoms with Crippen LogP contribution in [0.3, 0.4) is 0 Å². The van der Waals surface area contributed by atoms with Crippen molar-refractivity contribution in [2.24, 2.45) is 12.2 Å². The first-order valence-corrected chi connectivity index (χ1v) is 6.92. The summed E-state index contributed by atoms with van der Waals surface area (Å²) in [6, 6.07) is 4.59.